The Balaban J connectivity index is 2.73. The first kappa shape index (κ1) is 14.2. The topological polar surface area (TPSA) is 75.6 Å². The molecule has 2 unspecified atom stereocenters. The number of ether oxygens (including phenoxy) is 1. The van der Waals surface area contributed by atoms with E-state index in [1.165, 1.54) is 6.92 Å². The van der Waals surface area contributed by atoms with Crippen LogP contribution < -0.4 is 5.32 Å². The standard InChI is InChI=1S/C13H17NO4/c1-3-18-13(17)11(9(2)15)14-12(16)10-7-5-4-6-8-10/h4-9,11,15H,3H2,1-2H3,(H,14,16). The van der Waals surface area contributed by atoms with E-state index in [0.717, 1.165) is 0 Å². The molecule has 2 atom stereocenters. The zero-order valence-corrected chi connectivity index (χ0v) is 10.4. The van der Waals surface area contributed by atoms with Crippen molar-refractivity contribution in [3.8, 4) is 0 Å². The number of aliphatic hydroxyl groups excluding tert-OH is 1. The minimum Gasteiger partial charge on any atom is -0.464 e. The second-order valence-electron chi connectivity index (χ2n) is 3.81. The lowest BCUT2D eigenvalue weighted by Crippen LogP contribution is -2.48. The summed E-state index contributed by atoms with van der Waals surface area (Å²) >= 11 is 0. The van der Waals surface area contributed by atoms with E-state index in [1.807, 2.05) is 0 Å². The molecule has 1 aromatic rings. The number of hydrogen-bond donors (Lipinski definition) is 2. The Morgan fingerprint density at radius 2 is 1.94 bits per heavy atom. The Labute approximate surface area is 106 Å². The first-order valence-electron chi connectivity index (χ1n) is 5.77. The van der Waals surface area contributed by atoms with Crippen LogP contribution in [-0.2, 0) is 9.53 Å². The molecule has 0 aliphatic heterocycles. The van der Waals surface area contributed by atoms with Crippen molar-refractivity contribution in [2.24, 2.45) is 0 Å². The quantitative estimate of drug-likeness (QED) is 0.756. The fourth-order valence-corrected chi connectivity index (χ4v) is 1.42. The summed E-state index contributed by atoms with van der Waals surface area (Å²) in [5, 5.41) is 11.9. The van der Waals surface area contributed by atoms with Crippen LogP contribution in [-0.4, -0.2) is 35.7 Å². The SMILES string of the molecule is CCOC(=O)C(NC(=O)c1ccccc1)C(C)O. The maximum Gasteiger partial charge on any atom is 0.331 e. The van der Waals surface area contributed by atoms with Gasteiger partial charge in [-0.2, -0.15) is 0 Å². The Hall–Kier alpha value is -1.88. The van der Waals surface area contributed by atoms with Gasteiger partial charge in [-0.15, -0.1) is 0 Å². The fraction of sp³-hybridized carbons (Fsp3) is 0.385. The number of esters is 1. The summed E-state index contributed by atoms with van der Waals surface area (Å²) in [7, 11) is 0. The first-order chi connectivity index (χ1) is 8.56. The van der Waals surface area contributed by atoms with Gasteiger partial charge in [0.15, 0.2) is 6.04 Å². The second kappa shape index (κ2) is 6.76. The molecule has 5 heteroatoms. The number of benzene rings is 1. The van der Waals surface area contributed by atoms with Crippen molar-refractivity contribution in [3.63, 3.8) is 0 Å². The smallest absolute Gasteiger partial charge is 0.331 e. The number of hydrogen-bond acceptors (Lipinski definition) is 4. The van der Waals surface area contributed by atoms with Crippen molar-refractivity contribution in [3.05, 3.63) is 35.9 Å². The third-order valence-electron chi connectivity index (χ3n) is 2.35. The van der Waals surface area contributed by atoms with Gasteiger partial charge in [-0.25, -0.2) is 4.79 Å². The molecule has 0 bridgehead atoms. The van der Waals surface area contributed by atoms with E-state index >= 15 is 0 Å². The highest BCUT2D eigenvalue weighted by atomic mass is 16.5. The lowest BCUT2D eigenvalue weighted by atomic mass is 10.1. The van der Waals surface area contributed by atoms with Crippen molar-refractivity contribution in [2.75, 3.05) is 6.61 Å². The summed E-state index contributed by atoms with van der Waals surface area (Å²) < 4.78 is 4.79. The van der Waals surface area contributed by atoms with E-state index in [-0.39, 0.29) is 6.61 Å². The van der Waals surface area contributed by atoms with Crippen LogP contribution in [0, 0.1) is 0 Å². The molecule has 0 saturated heterocycles. The van der Waals surface area contributed by atoms with E-state index in [4.69, 9.17) is 4.74 Å². The predicted octanol–water partition coefficient (Wildman–Crippen LogP) is 0.729. The molecule has 0 heterocycles. The predicted molar refractivity (Wildman–Crippen MR) is 66.0 cm³/mol. The molecule has 18 heavy (non-hydrogen) atoms. The van der Waals surface area contributed by atoms with Crippen LogP contribution >= 0.6 is 0 Å². The highest BCUT2D eigenvalue weighted by Gasteiger charge is 2.27. The molecular weight excluding hydrogens is 234 g/mol. The van der Waals surface area contributed by atoms with Crippen LogP contribution in [0.3, 0.4) is 0 Å². The van der Waals surface area contributed by atoms with Crippen molar-refractivity contribution in [1.82, 2.24) is 5.32 Å². The molecule has 0 radical (unpaired) electrons. The van der Waals surface area contributed by atoms with Crippen molar-refractivity contribution in [2.45, 2.75) is 26.0 Å². The van der Waals surface area contributed by atoms with Crippen molar-refractivity contribution in [1.29, 1.82) is 0 Å². The average molecular weight is 251 g/mol. The van der Waals surface area contributed by atoms with E-state index in [0.29, 0.717) is 5.56 Å². The number of carbonyl (C=O) groups excluding carboxylic acids is 2. The van der Waals surface area contributed by atoms with Gasteiger partial charge >= 0.3 is 5.97 Å². The van der Waals surface area contributed by atoms with Crippen molar-refractivity contribution < 1.29 is 19.4 Å². The highest BCUT2D eigenvalue weighted by Crippen LogP contribution is 2.02. The van der Waals surface area contributed by atoms with Crippen LogP contribution in [0.15, 0.2) is 30.3 Å². The molecule has 0 saturated carbocycles. The molecule has 2 N–H and O–H groups in total. The van der Waals surface area contributed by atoms with Gasteiger partial charge in [0.05, 0.1) is 12.7 Å². The van der Waals surface area contributed by atoms with Crippen LogP contribution in [0.25, 0.3) is 0 Å². The number of amides is 1. The van der Waals surface area contributed by atoms with Gasteiger partial charge < -0.3 is 15.2 Å². The van der Waals surface area contributed by atoms with Gasteiger partial charge in [0, 0.05) is 5.56 Å². The zero-order chi connectivity index (χ0) is 13.5. The molecule has 1 rings (SSSR count). The summed E-state index contributed by atoms with van der Waals surface area (Å²) in [6, 6.07) is 7.42. The van der Waals surface area contributed by atoms with Gasteiger partial charge in [-0.1, -0.05) is 18.2 Å². The molecule has 1 amide bonds. The second-order valence-corrected chi connectivity index (χ2v) is 3.81. The molecule has 0 spiro atoms. The van der Waals surface area contributed by atoms with Gasteiger partial charge in [0.25, 0.3) is 5.91 Å². The molecule has 0 fully saturated rings. The Morgan fingerprint density at radius 1 is 1.33 bits per heavy atom. The summed E-state index contributed by atoms with van der Waals surface area (Å²) in [5.41, 5.74) is 0.424. The van der Waals surface area contributed by atoms with Crippen LogP contribution in [0.4, 0.5) is 0 Å². The third-order valence-corrected chi connectivity index (χ3v) is 2.35. The van der Waals surface area contributed by atoms with Gasteiger partial charge in [0.1, 0.15) is 0 Å². The first-order valence-corrected chi connectivity index (χ1v) is 5.77. The molecular formula is C13H17NO4. The molecule has 1 aromatic carbocycles. The van der Waals surface area contributed by atoms with Gasteiger partial charge in [0.2, 0.25) is 0 Å². The summed E-state index contributed by atoms with van der Waals surface area (Å²) in [4.78, 5) is 23.4. The van der Waals surface area contributed by atoms with Gasteiger partial charge in [-0.3, -0.25) is 4.79 Å². The van der Waals surface area contributed by atoms with Crippen molar-refractivity contribution >= 4 is 11.9 Å². The molecule has 0 aliphatic carbocycles. The van der Waals surface area contributed by atoms with E-state index in [1.54, 1.807) is 37.3 Å². The summed E-state index contributed by atoms with van der Waals surface area (Å²) in [5.74, 6) is -1.06. The monoisotopic (exact) mass is 251 g/mol. The zero-order valence-electron chi connectivity index (χ0n) is 10.4. The maximum atomic E-state index is 11.8. The van der Waals surface area contributed by atoms with E-state index in [9.17, 15) is 14.7 Å². The summed E-state index contributed by atoms with van der Waals surface area (Å²) in [6.07, 6.45) is -1.02. The summed E-state index contributed by atoms with van der Waals surface area (Å²) in [6.45, 7) is 3.28. The largest absolute Gasteiger partial charge is 0.464 e. The highest BCUT2D eigenvalue weighted by molar-refractivity contribution is 5.96. The minimum absolute atomic E-state index is 0.198. The van der Waals surface area contributed by atoms with Crippen LogP contribution in [0.1, 0.15) is 24.2 Å². The number of aliphatic hydroxyl groups is 1. The lowest BCUT2D eigenvalue weighted by Gasteiger charge is -2.19. The van der Waals surface area contributed by atoms with E-state index < -0.39 is 24.0 Å². The van der Waals surface area contributed by atoms with E-state index in [2.05, 4.69) is 5.32 Å². The Kier molecular flexibility index (Phi) is 5.32. The minimum atomic E-state index is -1.06. The fourth-order valence-electron chi connectivity index (χ4n) is 1.42. The van der Waals surface area contributed by atoms with Gasteiger partial charge in [-0.05, 0) is 26.0 Å². The Bertz CT molecular complexity index is 403. The maximum absolute atomic E-state index is 11.8. The molecule has 98 valence electrons. The number of nitrogens with one attached hydrogen (secondary N) is 1. The lowest BCUT2D eigenvalue weighted by molar-refractivity contribution is -0.148. The molecule has 0 aliphatic rings. The van der Waals surface area contributed by atoms with Crippen LogP contribution in [0.5, 0.6) is 0 Å². The normalized spacial score (nSPS) is 13.5. The number of rotatable bonds is 5. The van der Waals surface area contributed by atoms with Crippen LogP contribution in [0.2, 0.25) is 0 Å². The average Bonchev–Trinajstić information content (AvgIpc) is 2.36. The molecule has 0 aromatic heterocycles. The Morgan fingerprint density at radius 3 is 2.44 bits per heavy atom. The third kappa shape index (κ3) is 3.85. The molecule has 5 nitrogen and oxygen atoms in total. The number of carbonyl (C=O) groups is 2.